The van der Waals surface area contributed by atoms with Crippen LogP contribution in [0.5, 0.6) is 0 Å². The monoisotopic (exact) mass is 299 g/mol. The number of rotatable bonds is 1. The lowest BCUT2D eigenvalue weighted by atomic mass is 10.00. The maximum atomic E-state index is 13.1. The van der Waals surface area contributed by atoms with Crippen molar-refractivity contribution in [1.82, 2.24) is 5.32 Å². The summed E-state index contributed by atoms with van der Waals surface area (Å²) < 4.78 is 13.1. The van der Waals surface area contributed by atoms with Crippen LogP contribution in [0.4, 0.5) is 4.39 Å². The molecule has 20 heavy (non-hydrogen) atoms. The minimum atomic E-state index is -0.356. The smallest absolute Gasteiger partial charge is 0.247 e. The number of hydrogen-bond acceptors (Lipinski definition) is 1. The Morgan fingerprint density at radius 1 is 1.15 bits per heavy atom. The molecule has 1 atom stereocenters. The standard InChI is InChI=1S/C12H11ClFNO.2C2H6/c1-6-7(2)12(16)15-11(6)9-5-8(14)3-4-10(9)13;2*1-2/h3-5,11H,1-2H3,(H,15,16);2*1-2H3/t11-;;/m0../s1. The van der Waals surface area contributed by atoms with Crippen molar-refractivity contribution in [3.05, 3.63) is 45.7 Å². The minimum Gasteiger partial charge on any atom is -0.342 e. The molecule has 1 aromatic rings. The molecule has 0 bridgehead atoms. The molecule has 2 nitrogen and oxygen atoms in total. The van der Waals surface area contributed by atoms with E-state index in [0.717, 1.165) is 5.57 Å². The van der Waals surface area contributed by atoms with Gasteiger partial charge in [-0.05, 0) is 37.6 Å². The SMILES string of the molecule is CC.CC.CC1=C(C)[C@@H](c2cc(F)ccc2Cl)NC1=O. The molecule has 1 amide bonds. The Hall–Kier alpha value is -1.35. The van der Waals surface area contributed by atoms with E-state index in [1.165, 1.54) is 18.2 Å². The van der Waals surface area contributed by atoms with Gasteiger partial charge in [0.25, 0.3) is 0 Å². The zero-order valence-electron chi connectivity index (χ0n) is 13.0. The zero-order valence-corrected chi connectivity index (χ0v) is 13.7. The van der Waals surface area contributed by atoms with E-state index in [2.05, 4.69) is 5.32 Å². The maximum absolute atomic E-state index is 13.1. The first kappa shape index (κ1) is 18.7. The summed E-state index contributed by atoms with van der Waals surface area (Å²) in [6.45, 7) is 11.6. The van der Waals surface area contributed by atoms with Crippen LogP contribution in [0, 0.1) is 5.82 Å². The minimum absolute atomic E-state index is 0.122. The second-order valence-corrected chi connectivity index (χ2v) is 4.29. The van der Waals surface area contributed by atoms with Gasteiger partial charge in [-0.25, -0.2) is 4.39 Å². The van der Waals surface area contributed by atoms with Crippen molar-refractivity contribution in [3.63, 3.8) is 0 Å². The Morgan fingerprint density at radius 3 is 2.15 bits per heavy atom. The molecule has 0 radical (unpaired) electrons. The highest BCUT2D eigenvalue weighted by molar-refractivity contribution is 6.31. The Labute approximate surface area is 126 Å². The summed E-state index contributed by atoms with van der Waals surface area (Å²) >= 11 is 6.00. The van der Waals surface area contributed by atoms with E-state index in [1.54, 1.807) is 6.92 Å². The van der Waals surface area contributed by atoms with E-state index in [9.17, 15) is 9.18 Å². The molecule has 0 saturated heterocycles. The van der Waals surface area contributed by atoms with Gasteiger partial charge >= 0.3 is 0 Å². The molecular formula is C16H23ClFNO. The molecule has 1 aliphatic heterocycles. The lowest BCUT2D eigenvalue weighted by molar-refractivity contribution is -0.117. The number of hydrogen-bond donors (Lipinski definition) is 1. The first-order valence-corrected chi connectivity index (χ1v) is 7.31. The molecule has 112 valence electrons. The van der Waals surface area contributed by atoms with Crippen molar-refractivity contribution in [2.75, 3.05) is 0 Å². The van der Waals surface area contributed by atoms with Gasteiger partial charge in [0.2, 0.25) is 5.91 Å². The zero-order chi connectivity index (χ0) is 15.9. The molecule has 0 fully saturated rings. The fraction of sp³-hybridized carbons (Fsp3) is 0.438. The predicted molar refractivity (Wildman–Crippen MR) is 83.4 cm³/mol. The van der Waals surface area contributed by atoms with Gasteiger partial charge in [-0.2, -0.15) is 0 Å². The van der Waals surface area contributed by atoms with Crippen molar-refractivity contribution in [1.29, 1.82) is 0 Å². The maximum Gasteiger partial charge on any atom is 0.247 e. The highest BCUT2D eigenvalue weighted by Gasteiger charge is 2.28. The van der Waals surface area contributed by atoms with Crippen LogP contribution in [-0.4, -0.2) is 5.91 Å². The molecule has 1 N–H and O–H groups in total. The van der Waals surface area contributed by atoms with Crippen LogP contribution < -0.4 is 5.32 Å². The fourth-order valence-corrected chi connectivity index (χ4v) is 2.02. The summed E-state index contributed by atoms with van der Waals surface area (Å²) in [6.07, 6.45) is 0. The average Bonchev–Trinajstić information content (AvgIpc) is 2.73. The highest BCUT2D eigenvalue weighted by atomic mass is 35.5. The van der Waals surface area contributed by atoms with Gasteiger partial charge in [-0.3, -0.25) is 4.79 Å². The lowest BCUT2D eigenvalue weighted by Crippen LogP contribution is -2.21. The van der Waals surface area contributed by atoms with Gasteiger partial charge in [-0.15, -0.1) is 0 Å². The molecule has 0 saturated carbocycles. The van der Waals surface area contributed by atoms with Crippen LogP contribution in [0.1, 0.15) is 53.1 Å². The van der Waals surface area contributed by atoms with Crippen molar-refractivity contribution in [2.45, 2.75) is 47.6 Å². The van der Waals surface area contributed by atoms with E-state index >= 15 is 0 Å². The third kappa shape index (κ3) is 4.07. The second kappa shape index (κ2) is 8.75. The second-order valence-electron chi connectivity index (χ2n) is 3.88. The van der Waals surface area contributed by atoms with Gasteiger partial charge in [-0.1, -0.05) is 39.3 Å². The van der Waals surface area contributed by atoms with Gasteiger partial charge in [0.1, 0.15) is 5.82 Å². The van der Waals surface area contributed by atoms with Gasteiger partial charge < -0.3 is 5.32 Å². The summed E-state index contributed by atoms with van der Waals surface area (Å²) in [6, 6.07) is 3.85. The molecule has 0 unspecified atom stereocenters. The normalized spacial score (nSPS) is 16.8. The quantitative estimate of drug-likeness (QED) is 0.773. The van der Waals surface area contributed by atoms with Crippen LogP contribution in [0.15, 0.2) is 29.3 Å². The molecule has 2 rings (SSSR count). The Bertz CT molecular complexity index is 497. The number of amides is 1. The molecule has 0 aromatic heterocycles. The summed E-state index contributed by atoms with van der Waals surface area (Å²) in [7, 11) is 0. The summed E-state index contributed by atoms with van der Waals surface area (Å²) in [5.41, 5.74) is 2.16. The van der Waals surface area contributed by atoms with Gasteiger partial charge in [0, 0.05) is 16.2 Å². The van der Waals surface area contributed by atoms with E-state index < -0.39 is 0 Å². The molecule has 4 heteroatoms. The van der Waals surface area contributed by atoms with E-state index in [1.807, 2.05) is 34.6 Å². The lowest BCUT2D eigenvalue weighted by Gasteiger charge is -2.14. The number of benzene rings is 1. The van der Waals surface area contributed by atoms with Gasteiger partial charge in [0.05, 0.1) is 6.04 Å². The molecule has 0 aliphatic carbocycles. The van der Waals surface area contributed by atoms with Crippen LogP contribution in [0.2, 0.25) is 5.02 Å². The first-order chi connectivity index (χ1) is 9.50. The van der Waals surface area contributed by atoms with Crippen LogP contribution in [0.3, 0.4) is 0 Å². The Kier molecular flexibility index (Phi) is 8.16. The molecular weight excluding hydrogens is 277 g/mol. The first-order valence-electron chi connectivity index (χ1n) is 6.94. The Balaban J connectivity index is 0.000000829. The molecule has 1 aliphatic rings. The topological polar surface area (TPSA) is 29.1 Å². The Morgan fingerprint density at radius 2 is 1.70 bits per heavy atom. The summed E-state index contributed by atoms with van der Waals surface area (Å²) in [5.74, 6) is -0.478. The van der Waals surface area contributed by atoms with Crippen LogP contribution >= 0.6 is 11.6 Å². The summed E-state index contributed by atoms with van der Waals surface area (Å²) in [5, 5.41) is 3.23. The van der Waals surface area contributed by atoms with Crippen molar-refractivity contribution in [2.24, 2.45) is 0 Å². The highest BCUT2D eigenvalue weighted by Crippen LogP contribution is 2.33. The fourth-order valence-electron chi connectivity index (χ4n) is 1.79. The van der Waals surface area contributed by atoms with E-state index in [4.69, 9.17) is 11.6 Å². The predicted octanol–water partition coefficient (Wildman–Crippen LogP) is 5.04. The van der Waals surface area contributed by atoms with Gasteiger partial charge in [0.15, 0.2) is 0 Å². The molecule has 1 heterocycles. The van der Waals surface area contributed by atoms with Crippen LogP contribution in [-0.2, 0) is 4.79 Å². The van der Waals surface area contributed by atoms with Crippen LogP contribution in [0.25, 0.3) is 0 Å². The van der Waals surface area contributed by atoms with Crippen molar-refractivity contribution >= 4 is 17.5 Å². The number of halogens is 2. The molecule has 1 aromatic carbocycles. The van der Waals surface area contributed by atoms with E-state index in [0.29, 0.717) is 16.2 Å². The van der Waals surface area contributed by atoms with Crippen molar-refractivity contribution in [3.8, 4) is 0 Å². The number of nitrogens with one attached hydrogen (secondary N) is 1. The number of carbonyl (C=O) groups excluding carboxylic acids is 1. The van der Waals surface area contributed by atoms with E-state index in [-0.39, 0.29) is 17.8 Å². The molecule has 0 spiro atoms. The number of carbonyl (C=O) groups is 1. The van der Waals surface area contributed by atoms with Crippen molar-refractivity contribution < 1.29 is 9.18 Å². The average molecular weight is 300 g/mol. The summed E-state index contributed by atoms with van der Waals surface area (Å²) in [4.78, 5) is 11.5. The third-order valence-corrected chi connectivity index (χ3v) is 3.25. The largest absolute Gasteiger partial charge is 0.342 e. The third-order valence-electron chi connectivity index (χ3n) is 2.91.